The molecule has 17 heavy (non-hydrogen) atoms. The number of aryl methyl sites for hydroxylation is 2. The molecule has 0 radical (unpaired) electrons. The molecular weight excluding hydrogens is 208 g/mol. The zero-order chi connectivity index (χ0) is 12.3. The predicted octanol–water partition coefficient (Wildman–Crippen LogP) is 4.66. The lowest BCUT2D eigenvalue weighted by atomic mass is 10.1. The molecule has 1 heterocycles. The first-order chi connectivity index (χ1) is 8.36. The summed E-state index contributed by atoms with van der Waals surface area (Å²) in [6.45, 7) is 4.43. The molecule has 2 heteroatoms. The van der Waals surface area contributed by atoms with E-state index in [0.29, 0.717) is 0 Å². The summed E-state index contributed by atoms with van der Waals surface area (Å²) in [4.78, 5) is 7.76. The van der Waals surface area contributed by atoms with E-state index in [1.165, 1.54) is 62.9 Å². The van der Waals surface area contributed by atoms with Gasteiger partial charge in [0.15, 0.2) is 0 Å². The van der Waals surface area contributed by atoms with Crippen LogP contribution in [0.4, 0.5) is 0 Å². The van der Waals surface area contributed by atoms with Crippen molar-refractivity contribution in [1.82, 2.24) is 9.97 Å². The molecule has 0 aromatic carbocycles. The number of rotatable bonds is 10. The highest BCUT2D eigenvalue weighted by Gasteiger charge is 1.98. The van der Waals surface area contributed by atoms with Gasteiger partial charge in [0, 0.05) is 18.3 Å². The summed E-state index contributed by atoms with van der Waals surface area (Å²) in [6, 6.07) is 0. The van der Waals surface area contributed by atoms with Crippen LogP contribution in [0, 0.1) is 0 Å². The molecule has 0 bridgehead atoms. The van der Waals surface area contributed by atoms with Gasteiger partial charge in [-0.3, -0.25) is 0 Å². The molecule has 1 aromatic rings. The molecule has 0 aliphatic heterocycles. The third-order valence-electron chi connectivity index (χ3n) is 3.33. The van der Waals surface area contributed by atoms with Gasteiger partial charge in [-0.05, 0) is 12.8 Å². The van der Waals surface area contributed by atoms with Crippen LogP contribution in [-0.4, -0.2) is 9.97 Å². The maximum Gasteiger partial charge on any atom is 0.106 e. The van der Waals surface area contributed by atoms with E-state index < -0.39 is 0 Å². The zero-order valence-corrected chi connectivity index (χ0v) is 11.6. The Morgan fingerprint density at radius 3 is 2.18 bits per heavy atom. The lowest BCUT2D eigenvalue weighted by molar-refractivity contribution is 0.572. The molecule has 0 spiro atoms. The maximum absolute atomic E-state index is 4.39. The fourth-order valence-electron chi connectivity index (χ4n) is 2.14. The van der Waals surface area contributed by atoms with Gasteiger partial charge in [0.05, 0.1) is 0 Å². The first kappa shape index (κ1) is 14.3. The molecule has 1 N–H and O–H groups in total. The van der Waals surface area contributed by atoms with Crippen LogP contribution in [0.2, 0.25) is 0 Å². The normalized spacial score (nSPS) is 10.9. The molecule has 2 nitrogen and oxygen atoms in total. The molecule has 1 rings (SSSR count). The standard InChI is InChI=1S/C15H28N2/c1-3-5-6-7-8-9-10-11-12-15-16-13-14(4-2)17-15/h13H,3-12H2,1-2H3,(H,16,17). The number of imidazole rings is 1. The first-order valence-corrected chi connectivity index (χ1v) is 7.39. The van der Waals surface area contributed by atoms with E-state index in [2.05, 4.69) is 23.8 Å². The van der Waals surface area contributed by atoms with Gasteiger partial charge in [-0.15, -0.1) is 0 Å². The number of hydrogen-bond acceptors (Lipinski definition) is 1. The van der Waals surface area contributed by atoms with E-state index in [4.69, 9.17) is 0 Å². The Balaban J connectivity index is 1.93. The molecule has 0 amide bonds. The number of H-pyrrole nitrogens is 1. The Hall–Kier alpha value is -0.790. The number of unbranched alkanes of at least 4 members (excludes halogenated alkanes) is 7. The highest BCUT2D eigenvalue weighted by Crippen LogP contribution is 2.10. The Kier molecular flexibility index (Phi) is 7.78. The Morgan fingerprint density at radius 1 is 0.941 bits per heavy atom. The lowest BCUT2D eigenvalue weighted by Crippen LogP contribution is -1.89. The van der Waals surface area contributed by atoms with Crippen LogP contribution in [0.15, 0.2) is 6.20 Å². The number of hydrogen-bond donors (Lipinski definition) is 1. The monoisotopic (exact) mass is 236 g/mol. The topological polar surface area (TPSA) is 28.7 Å². The molecule has 0 aliphatic rings. The summed E-state index contributed by atoms with van der Waals surface area (Å²) in [7, 11) is 0. The van der Waals surface area contributed by atoms with E-state index in [1.807, 2.05) is 6.20 Å². The third kappa shape index (κ3) is 6.50. The molecule has 0 atom stereocenters. The van der Waals surface area contributed by atoms with Gasteiger partial charge in [0.2, 0.25) is 0 Å². The largest absolute Gasteiger partial charge is 0.346 e. The second-order valence-electron chi connectivity index (χ2n) is 4.93. The number of nitrogens with one attached hydrogen (secondary N) is 1. The Labute approximate surface area is 106 Å². The minimum Gasteiger partial charge on any atom is -0.346 e. The molecule has 0 fully saturated rings. The van der Waals surface area contributed by atoms with Crippen molar-refractivity contribution in [3.8, 4) is 0 Å². The second-order valence-corrected chi connectivity index (χ2v) is 4.93. The molecule has 0 aliphatic carbocycles. The van der Waals surface area contributed by atoms with Crippen LogP contribution >= 0.6 is 0 Å². The van der Waals surface area contributed by atoms with E-state index >= 15 is 0 Å². The SMILES string of the molecule is CCCCCCCCCCc1ncc(CC)[nH]1. The van der Waals surface area contributed by atoms with E-state index in [9.17, 15) is 0 Å². The molecule has 0 saturated heterocycles. The summed E-state index contributed by atoms with van der Waals surface area (Å²) in [5.74, 6) is 1.17. The van der Waals surface area contributed by atoms with Crippen LogP contribution < -0.4 is 0 Å². The van der Waals surface area contributed by atoms with Crippen LogP contribution in [0.1, 0.15) is 76.7 Å². The Morgan fingerprint density at radius 2 is 1.59 bits per heavy atom. The number of nitrogens with zero attached hydrogens (tertiary/aromatic N) is 1. The lowest BCUT2D eigenvalue weighted by Gasteiger charge is -2.00. The summed E-state index contributed by atoms with van der Waals surface area (Å²) >= 11 is 0. The smallest absolute Gasteiger partial charge is 0.106 e. The summed E-state index contributed by atoms with van der Waals surface area (Å²) in [5.41, 5.74) is 1.26. The summed E-state index contributed by atoms with van der Waals surface area (Å²) in [6.07, 6.45) is 15.2. The van der Waals surface area contributed by atoms with Crippen LogP contribution in [-0.2, 0) is 12.8 Å². The van der Waals surface area contributed by atoms with E-state index in [-0.39, 0.29) is 0 Å². The number of aromatic nitrogens is 2. The van der Waals surface area contributed by atoms with E-state index in [0.717, 1.165) is 12.8 Å². The van der Waals surface area contributed by atoms with Crippen molar-refractivity contribution in [2.24, 2.45) is 0 Å². The fourth-order valence-corrected chi connectivity index (χ4v) is 2.14. The van der Waals surface area contributed by atoms with Crippen molar-refractivity contribution in [3.63, 3.8) is 0 Å². The van der Waals surface area contributed by atoms with Crippen molar-refractivity contribution in [1.29, 1.82) is 0 Å². The predicted molar refractivity (Wildman–Crippen MR) is 74.3 cm³/mol. The molecule has 0 saturated carbocycles. The van der Waals surface area contributed by atoms with Crippen molar-refractivity contribution in [2.45, 2.75) is 78.1 Å². The van der Waals surface area contributed by atoms with Crippen molar-refractivity contribution < 1.29 is 0 Å². The average molecular weight is 236 g/mol. The quantitative estimate of drug-likeness (QED) is 0.588. The second kappa shape index (κ2) is 9.26. The third-order valence-corrected chi connectivity index (χ3v) is 3.33. The van der Waals surface area contributed by atoms with Gasteiger partial charge < -0.3 is 4.98 Å². The average Bonchev–Trinajstić information content (AvgIpc) is 2.80. The zero-order valence-electron chi connectivity index (χ0n) is 11.6. The van der Waals surface area contributed by atoms with Gasteiger partial charge in [-0.2, -0.15) is 0 Å². The molecule has 98 valence electrons. The maximum atomic E-state index is 4.39. The van der Waals surface area contributed by atoms with Gasteiger partial charge in [0.25, 0.3) is 0 Å². The summed E-state index contributed by atoms with van der Waals surface area (Å²) in [5, 5.41) is 0. The minimum absolute atomic E-state index is 1.06. The van der Waals surface area contributed by atoms with Crippen molar-refractivity contribution in [2.75, 3.05) is 0 Å². The molecule has 1 aromatic heterocycles. The first-order valence-electron chi connectivity index (χ1n) is 7.39. The van der Waals surface area contributed by atoms with Gasteiger partial charge in [-0.1, -0.05) is 58.8 Å². The van der Waals surface area contributed by atoms with Gasteiger partial charge in [0.1, 0.15) is 5.82 Å². The summed E-state index contributed by atoms with van der Waals surface area (Å²) < 4.78 is 0. The number of aromatic amines is 1. The highest BCUT2D eigenvalue weighted by atomic mass is 14.9. The molecular formula is C15H28N2. The van der Waals surface area contributed by atoms with Crippen LogP contribution in [0.25, 0.3) is 0 Å². The molecule has 0 unspecified atom stereocenters. The fraction of sp³-hybridized carbons (Fsp3) is 0.800. The van der Waals surface area contributed by atoms with Gasteiger partial charge in [-0.25, -0.2) is 4.98 Å². The van der Waals surface area contributed by atoms with Crippen LogP contribution in [0.3, 0.4) is 0 Å². The minimum atomic E-state index is 1.06. The van der Waals surface area contributed by atoms with E-state index in [1.54, 1.807) is 0 Å². The van der Waals surface area contributed by atoms with Crippen molar-refractivity contribution in [3.05, 3.63) is 17.7 Å². The highest BCUT2D eigenvalue weighted by molar-refractivity contribution is 5.00. The van der Waals surface area contributed by atoms with Gasteiger partial charge >= 0.3 is 0 Å². The van der Waals surface area contributed by atoms with Crippen molar-refractivity contribution >= 4 is 0 Å². The Bertz CT molecular complexity index is 278. The van der Waals surface area contributed by atoms with Crippen LogP contribution in [0.5, 0.6) is 0 Å².